The van der Waals surface area contributed by atoms with Crippen molar-refractivity contribution in [3.05, 3.63) is 41.5 Å². The van der Waals surface area contributed by atoms with Crippen molar-refractivity contribution in [3.8, 4) is 5.75 Å². The molecular formula is C20H30IN7O. The first kappa shape index (κ1) is 23.1. The van der Waals surface area contributed by atoms with Gasteiger partial charge in [0, 0.05) is 62.4 Å². The highest BCUT2D eigenvalue weighted by Gasteiger charge is 2.21. The molecule has 3 rings (SSSR count). The Morgan fingerprint density at radius 1 is 1.14 bits per heavy atom. The van der Waals surface area contributed by atoms with Gasteiger partial charge in [-0.15, -0.1) is 24.0 Å². The molecule has 8 nitrogen and oxygen atoms in total. The normalized spacial score (nSPS) is 14.4. The number of nitrogens with zero attached hydrogens (tertiary/aromatic N) is 6. The fourth-order valence-corrected chi connectivity index (χ4v) is 3.38. The third-order valence-electron chi connectivity index (χ3n) is 4.88. The van der Waals surface area contributed by atoms with Crippen molar-refractivity contribution in [2.24, 2.45) is 4.99 Å². The molecule has 1 saturated heterocycles. The van der Waals surface area contributed by atoms with Gasteiger partial charge in [-0.25, -0.2) is 15.0 Å². The topological polar surface area (TPSA) is 78.8 Å². The van der Waals surface area contributed by atoms with E-state index in [1.807, 2.05) is 26.1 Å². The number of aliphatic imine (C=N–C) groups is 1. The maximum atomic E-state index is 5.51. The van der Waals surface area contributed by atoms with Crippen LogP contribution in [0.15, 0.2) is 29.6 Å². The van der Waals surface area contributed by atoms with Gasteiger partial charge in [-0.3, -0.25) is 4.98 Å². The summed E-state index contributed by atoms with van der Waals surface area (Å²) in [5.74, 6) is 2.59. The van der Waals surface area contributed by atoms with Crippen LogP contribution in [-0.2, 0) is 6.54 Å². The summed E-state index contributed by atoms with van der Waals surface area (Å²) in [6.07, 6.45) is 5.42. The monoisotopic (exact) mass is 511 g/mol. The second kappa shape index (κ2) is 11.1. The van der Waals surface area contributed by atoms with E-state index >= 15 is 0 Å². The highest BCUT2D eigenvalue weighted by molar-refractivity contribution is 14.0. The number of piperazine rings is 1. The highest BCUT2D eigenvalue weighted by Crippen LogP contribution is 2.24. The van der Waals surface area contributed by atoms with Crippen molar-refractivity contribution in [1.29, 1.82) is 0 Å². The van der Waals surface area contributed by atoms with Crippen LogP contribution in [-0.4, -0.2) is 65.6 Å². The average molecular weight is 511 g/mol. The van der Waals surface area contributed by atoms with Gasteiger partial charge in [0.05, 0.1) is 19.3 Å². The summed E-state index contributed by atoms with van der Waals surface area (Å²) in [4.78, 5) is 22.6. The maximum absolute atomic E-state index is 5.51. The fraction of sp³-hybridized carbons (Fsp3) is 0.500. The number of nitrogens with one attached hydrogen (secondary N) is 1. The molecule has 0 unspecified atom stereocenters. The molecule has 0 aliphatic carbocycles. The van der Waals surface area contributed by atoms with Crippen LogP contribution in [0.25, 0.3) is 0 Å². The van der Waals surface area contributed by atoms with Crippen molar-refractivity contribution in [2.45, 2.75) is 27.3 Å². The van der Waals surface area contributed by atoms with Crippen LogP contribution < -0.4 is 15.0 Å². The minimum absolute atomic E-state index is 0. The Labute approximate surface area is 189 Å². The zero-order valence-corrected chi connectivity index (χ0v) is 19.9. The van der Waals surface area contributed by atoms with Gasteiger partial charge in [-0.1, -0.05) is 0 Å². The summed E-state index contributed by atoms with van der Waals surface area (Å²) in [7, 11) is 1.70. The van der Waals surface area contributed by atoms with Crippen LogP contribution in [0, 0.1) is 13.8 Å². The van der Waals surface area contributed by atoms with E-state index < -0.39 is 0 Å². The molecule has 3 heterocycles. The summed E-state index contributed by atoms with van der Waals surface area (Å²) in [5, 5.41) is 3.40. The minimum Gasteiger partial charge on any atom is -0.496 e. The van der Waals surface area contributed by atoms with E-state index in [0.29, 0.717) is 6.54 Å². The number of methoxy groups -OCH3 is 1. The summed E-state index contributed by atoms with van der Waals surface area (Å²) in [5.41, 5.74) is 3.03. The van der Waals surface area contributed by atoms with Gasteiger partial charge in [0.15, 0.2) is 5.96 Å². The van der Waals surface area contributed by atoms with Crippen LogP contribution in [0.4, 0.5) is 5.95 Å². The second-order valence-corrected chi connectivity index (χ2v) is 6.74. The molecular weight excluding hydrogens is 481 g/mol. The number of hydrogen-bond donors (Lipinski definition) is 1. The summed E-state index contributed by atoms with van der Waals surface area (Å²) < 4.78 is 5.51. The molecule has 0 spiro atoms. The van der Waals surface area contributed by atoms with Crippen LogP contribution in [0.3, 0.4) is 0 Å². The number of rotatable bonds is 5. The Hall–Kier alpha value is -2.17. The highest BCUT2D eigenvalue weighted by atomic mass is 127. The van der Waals surface area contributed by atoms with Crippen molar-refractivity contribution >= 4 is 35.9 Å². The predicted molar refractivity (Wildman–Crippen MR) is 126 cm³/mol. The number of aryl methyl sites for hydroxylation is 1. The molecule has 2 aromatic rings. The van der Waals surface area contributed by atoms with E-state index in [9.17, 15) is 0 Å². The number of aromatic nitrogens is 3. The Morgan fingerprint density at radius 2 is 1.83 bits per heavy atom. The van der Waals surface area contributed by atoms with Crippen LogP contribution in [0.1, 0.15) is 23.7 Å². The molecule has 29 heavy (non-hydrogen) atoms. The molecule has 9 heteroatoms. The standard InChI is InChI=1S/C20H29N7O.HI/c1-5-21-19(25-14-17-16(3)18(28-4)15(2)13-24-17)26-9-11-27(12-10-26)20-22-7-6-8-23-20;/h6-8,13H,5,9-12,14H2,1-4H3,(H,21,25);1H. The number of pyridine rings is 1. The molecule has 1 fully saturated rings. The lowest BCUT2D eigenvalue weighted by Crippen LogP contribution is -2.53. The van der Waals surface area contributed by atoms with Crippen molar-refractivity contribution in [1.82, 2.24) is 25.2 Å². The third-order valence-corrected chi connectivity index (χ3v) is 4.88. The van der Waals surface area contributed by atoms with Gasteiger partial charge in [0.25, 0.3) is 0 Å². The molecule has 0 aromatic carbocycles. The first-order chi connectivity index (χ1) is 13.6. The molecule has 0 saturated carbocycles. The lowest BCUT2D eigenvalue weighted by atomic mass is 10.1. The number of anilines is 1. The first-order valence-electron chi connectivity index (χ1n) is 9.68. The van der Waals surface area contributed by atoms with E-state index in [2.05, 4.69) is 37.0 Å². The van der Waals surface area contributed by atoms with Gasteiger partial charge >= 0.3 is 0 Å². The van der Waals surface area contributed by atoms with Crippen LogP contribution >= 0.6 is 24.0 Å². The van der Waals surface area contributed by atoms with E-state index in [4.69, 9.17) is 9.73 Å². The second-order valence-electron chi connectivity index (χ2n) is 6.74. The van der Waals surface area contributed by atoms with Gasteiger partial charge in [-0.05, 0) is 26.8 Å². The fourth-order valence-electron chi connectivity index (χ4n) is 3.38. The van der Waals surface area contributed by atoms with Gasteiger partial charge in [0.2, 0.25) is 5.95 Å². The molecule has 1 N–H and O–H groups in total. The van der Waals surface area contributed by atoms with Crippen molar-refractivity contribution < 1.29 is 4.74 Å². The number of guanidine groups is 1. The lowest BCUT2D eigenvalue weighted by molar-refractivity contribution is 0.370. The molecule has 0 amide bonds. The van der Waals surface area contributed by atoms with Crippen LogP contribution in [0.5, 0.6) is 5.75 Å². The molecule has 0 atom stereocenters. The molecule has 1 aliphatic heterocycles. The number of ether oxygens (including phenoxy) is 1. The Kier molecular flexibility index (Phi) is 8.87. The Bertz CT molecular complexity index is 808. The van der Waals surface area contributed by atoms with Gasteiger partial charge in [-0.2, -0.15) is 0 Å². The quantitative estimate of drug-likeness (QED) is 0.375. The average Bonchev–Trinajstić information content (AvgIpc) is 2.73. The Balaban J connectivity index is 0.00000300. The largest absolute Gasteiger partial charge is 0.496 e. The molecule has 2 aromatic heterocycles. The summed E-state index contributed by atoms with van der Waals surface area (Å²) in [6.45, 7) is 10.9. The van der Waals surface area contributed by atoms with Crippen molar-refractivity contribution in [2.75, 3.05) is 44.7 Å². The number of halogens is 1. The minimum atomic E-state index is 0. The summed E-state index contributed by atoms with van der Waals surface area (Å²) in [6, 6.07) is 1.84. The first-order valence-corrected chi connectivity index (χ1v) is 9.68. The number of hydrogen-bond acceptors (Lipinski definition) is 6. The lowest BCUT2D eigenvalue weighted by Gasteiger charge is -2.36. The van der Waals surface area contributed by atoms with Gasteiger partial charge in [0.1, 0.15) is 5.75 Å². The zero-order chi connectivity index (χ0) is 19.9. The molecule has 0 radical (unpaired) electrons. The van der Waals surface area contributed by atoms with Gasteiger partial charge < -0.3 is 19.9 Å². The van der Waals surface area contributed by atoms with Crippen LogP contribution in [0.2, 0.25) is 0 Å². The van der Waals surface area contributed by atoms with E-state index in [1.165, 1.54) is 0 Å². The van der Waals surface area contributed by atoms with E-state index in [-0.39, 0.29) is 24.0 Å². The van der Waals surface area contributed by atoms with E-state index in [0.717, 1.165) is 67.2 Å². The molecule has 0 bridgehead atoms. The van der Waals surface area contributed by atoms with Crippen molar-refractivity contribution in [3.63, 3.8) is 0 Å². The molecule has 1 aliphatic rings. The summed E-state index contributed by atoms with van der Waals surface area (Å²) >= 11 is 0. The smallest absolute Gasteiger partial charge is 0.225 e. The predicted octanol–water partition coefficient (Wildman–Crippen LogP) is 2.40. The van der Waals surface area contributed by atoms with E-state index in [1.54, 1.807) is 19.5 Å². The third kappa shape index (κ3) is 5.68. The maximum Gasteiger partial charge on any atom is 0.225 e. The molecule has 158 valence electrons. The SMILES string of the molecule is CCNC(=NCc1ncc(C)c(OC)c1C)N1CCN(c2ncccn2)CC1.I. The zero-order valence-electron chi connectivity index (χ0n) is 17.6. The Morgan fingerprint density at radius 3 is 2.45 bits per heavy atom.